The molecule has 232 valence electrons. The summed E-state index contributed by atoms with van der Waals surface area (Å²) in [6.07, 6.45) is 6.87. The van der Waals surface area contributed by atoms with Crippen LogP contribution >= 0.6 is 0 Å². The van der Waals surface area contributed by atoms with Crippen LogP contribution in [-0.4, -0.2) is 29.5 Å². The quantitative estimate of drug-likeness (QED) is 0.0990. The third-order valence-corrected chi connectivity index (χ3v) is 8.61. The van der Waals surface area contributed by atoms with E-state index in [0.29, 0.717) is 30.9 Å². The predicted octanol–water partition coefficient (Wildman–Crippen LogP) is 8.31. The lowest BCUT2D eigenvalue weighted by Crippen LogP contribution is -2.17. The van der Waals surface area contributed by atoms with Gasteiger partial charge in [-0.05, 0) is 93.5 Å². The highest BCUT2D eigenvalue weighted by Gasteiger charge is 2.20. The standard InChI is InChI=1S/C39H48N2O3/c1-5-37-35(27-34(41(37)4)18-13-19-38(42)44-6-2)39(43)33-25-20-29(3)36(26-33)40-28-32(23-21-30-14-9-7-10-15-30)24-22-31-16-11-8-12-17-31/h7-12,14-17,20,25-27,32,40H,5-6,13,18-19,21-24,28H2,1-4H3. The predicted molar refractivity (Wildman–Crippen MR) is 180 cm³/mol. The Morgan fingerprint density at radius 2 is 1.48 bits per heavy atom. The summed E-state index contributed by atoms with van der Waals surface area (Å²) in [4.78, 5) is 25.7. The number of hydrogen-bond acceptors (Lipinski definition) is 4. The van der Waals surface area contributed by atoms with Crippen molar-refractivity contribution >= 4 is 17.4 Å². The number of anilines is 1. The molecule has 5 heteroatoms. The zero-order valence-electron chi connectivity index (χ0n) is 26.9. The van der Waals surface area contributed by atoms with Crippen LogP contribution < -0.4 is 5.32 Å². The maximum absolute atomic E-state index is 13.9. The molecule has 0 spiro atoms. The third kappa shape index (κ3) is 9.19. The Labute approximate surface area is 263 Å². The van der Waals surface area contributed by atoms with E-state index in [2.05, 4.69) is 84.4 Å². The highest BCUT2D eigenvalue weighted by molar-refractivity contribution is 6.10. The fourth-order valence-electron chi connectivity index (χ4n) is 5.95. The molecule has 0 saturated heterocycles. The van der Waals surface area contributed by atoms with E-state index in [1.807, 2.05) is 38.2 Å². The Hall–Kier alpha value is -4.12. The molecule has 0 aliphatic heterocycles. The van der Waals surface area contributed by atoms with E-state index in [1.165, 1.54) is 11.1 Å². The van der Waals surface area contributed by atoms with Gasteiger partial charge in [-0.3, -0.25) is 9.59 Å². The van der Waals surface area contributed by atoms with Crippen molar-refractivity contribution < 1.29 is 14.3 Å². The summed E-state index contributed by atoms with van der Waals surface area (Å²) >= 11 is 0. The molecule has 1 heterocycles. The zero-order chi connectivity index (χ0) is 31.3. The highest BCUT2D eigenvalue weighted by Crippen LogP contribution is 2.25. The van der Waals surface area contributed by atoms with Gasteiger partial charge in [-0.25, -0.2) is 0 Å². The van der Waals surface area contributed by atoms with Crippen LogP contribution in [0.5, 0.6) is 0 Å². The summed E-state index contributed by atoms with van der Waals surface area (Å²) in [6.45, 7) is 7.26. The average Bonchev–Trinajstić information content (AvgIpc) is 3.36. The largest absolute Gasteiger partial charge is 0.466 e. The Bertz CT molecular complexity index is 1450. The molecule has 0 atom stereocenters. The number of aryl methyl sites for hydroxylation is 4. The number of ketones is 1. The van der Waals surface area contributed by atoms with E-state index in [9.17, 15) is 9.59 Å². The van der Waals surface area contributed by atoms with Gasteiger partial charge in [-0.2, -0.15) is 0 Å². The Morgan fingerprint density at radius 3 is 2.07 bits per heavy atom. The summed E-state index contributed by atoms with van der Waals surface area (Å²) < 4.78 is 7.19. The van der Waals surface area contributed by atoms with Crippen LogP contribution in [0.2, 0.25) is 0 Å². The molecule has 44 heavy (non-hydrogen) atoms. The summed E-state index contributed by atoms with van der Waals surface area (Å²) in [5.41, 5.74) is 8.43. The molecule has 0 bridgehead atoms. The minimum Gasteiger partial charge on any atom is -0.466 e. The smallest absolute Gasteiger partial charge is 0.305 e. The lowest BCUT2D eigenvalue weighted by Gasteiger charge is -2.20. The van der Waals surface area contributed by atoms with E-state index in [1.54, 1.807) is 0 Å². The number of rotatable bonds is 17. The topological polar surface area (TPSA) is 60.3 Å². The lowest BCUT2D eigenvalue weighted by molar-refractivity contribution is -0.143. The average molecular weight is 593 g/mol. The van der Waals surface area contributed by atoms with Crippen molar-refractivity contribution in [3.05, 3.63) is 124 Å². The van der Waals surface area contributed by atoms with Crippen molar-refractivity contribution in [3.63, 3.8) is 0 Å². The number of esters is 1. The summed E-state index contributed by atoms with van der Waals surface area (Å²) in [5.74, 6) is 0.366. The number of nitrogens with zero attached hydrogens (tertiary/aromatic N) is 1. The fraction of sp³-hybridized carbons (Fsp3) is 0.385. The third-order valence-electron chi connectivity index (χ3n) is 8.61. The fourth-order valence-corrected chi connectivity index (χ4v) is 5.95. The maximum Gasteiger partial charge on any atom is 0.305 e. The molecule has 0 amide bonds. The van der Waals surface area contributed by atoms with Gasteiger partial charge in [0.1, 0.15) is 0 Å². The molecule has 4 rings (SSSR count). The molecule has 0 saturated carbocycles. The second-order valence-electron chi connectivity index (χ2n) is 11.7. The number of nitrogens with one attached hydrogen (secondary N) is 1. The molecule has 0 unspecified atom stereocenters. The van der Waals surface area contributed by atoms with Crippen molar-refractivity contribution in [2.75, 3.05) is 18.5 Å². The van der Waals surface area contributed by atoms with Crippen molar-refractivity contribution in [1.29, 1.82) is 0 Å². The first kappa shape index (κ1) is 32.8. The van der Waals surface area contributed by atoms with Gasteiger partial charge < -0.3 is 14.6 Å². The van der Waals surface area contributed by atoms with Gasteiger partial charge >= 0.3 is 5.97 Å². The highest BCUT2D eigenvalue weighted by atomic mass is 16.5. The number of hydrogen-bond donors (Lipinski definition) is 1. The van der Waals surface area contributed by atoms with Crippen molar-refractivity contribution in [2.24, 2.45) is 13.0 Å². The summed E-state index contributed by atoms with van der Waals surface area (Å²) in [5, 5.41) is 3.73. The van der Waals surface area contributed by atoms with Crippen molar-refractivity contribution in [2.45, 2.75) is 72.1 Å². The first-order valence-electron chi connectivity index (χ1n) is 16.2. The maximum atomic E-state index is 13.9. The van der Waals surface area contributed by atoms with Crippen LogP contribution in [0.25, 0.3) is 0 Å². The number of carbonyl (C=O) groups is 2. The molecule has 0 radical (unpaired) electrons. The van der Waals surface area contributed by atoms with Gasteiger partial charge in [-0.15, -0.1) is 0 Å². The van der Waals surface area contributed by atoms with Gasteiger partial charge in [0.05, 0.1) is 6.61 Å². The molecule has 0 fully saturated rings. The van der Waals surface area contributed by atoms with Gasteiger partial charge in [0.25, 0.3) is 0 Å². The van der Waals surface area contributed by atoms with Crippen molar-refractivity contribution in [3.8, 4) is 0 Å². The van der Waals surface area contributed by atoms with E-state index in [4.69, 9.17) is 4.74 Å². The summed E-state index contributed by atoms with van der Waals surface area (Å²) in [7, 11) is 2.02. The minimum absolute atomic E-state index is 0.0434. The van der Waals surface area contributed by atoms with Crippen molar-refractivity contribution in [1.82, 2.24) is 4.57 Å². The SMILES string of the molecule is CCOC(=O)CCCc1cc(C(=O)c2ccc(C)c(NCC(CCc3ccccc3)CCc3ccccc3)c2)c(CC)n1C. The normalized spacial score (nSPS) is 11.1. The molecule has 0 aliphatic carbocycles. The second kappa shape index (κ2) is 16.7. The molecular formula is C39H48N2O3. The van der Waals surface area contributed by atoms with Crippen LogP contribution in [0.4, 0.5) is 5.69 Å². The second-order valence-corrected chi connectivity index (χ2v) is 11.7. The monoisotopic (exact) mass is 592 g/mol. The van der Waals surface area contributed by atoms with E-state index >= 15 is 0 Å². The molecule has 5 nitrogen and oxygen atoms in total. The van der Waals surface area contributed by atoms with Crippen LogP contribution in [0.15, 0.2) is 84.9 Å². The Balaban J connectivity index is 1.46. The molecule has 3 aromatic carbocycles. The van der Waals surface area contributed by atoms with E-state index < -0.39 is 0 Å². The minimum atomic E-state index is -0.171. The molecule has 1 N–H and O–H groups in total. The van der Waals surface area contributed by atoms with Crippen LogP contribution in [-0.2, 0) is 42.3 Å². The number of benzene rings is 3. The number of carbonyl (C=O) groups excluding carboxylic acids is 2. The van der Waals surface area contributed by atoms with Gasteiger partial charge in [0.2, 0.25) is 0 Å². The molecule has 1 aromatic heterocycles. The van der Waals surface area contributed by atoms with Gasteiger partial charge in [0.15, 0.2) is 5.78 Å². The molecule has 4 aromatic rings. The first-order valence-corrected chi connectivity index (χ1v) is 16.2. The van der Waals surface area contributed by atoms with Crippen LogP contribution in [0.3, 0.4) is 0 Å². The van der Waals surface area contributed by atoms with Crippen LogP contribution in [0.1, 0.15) is 83.5 Å². The molecular weight excluding hydrogens is 544 g/mol. The number of aromatic nitrogens is 1. The zero-order valence-corrected chi connectivity index (χ0v) is 26.9. The van der Waals surface area contributed by atoms with Gasteiger partial charge in [0, 0.05) is 48.2 Å². The first-order chi connectivity index (χ1) is 21.4. The lowest BCUT2D eigenvalue weighted by atomic mass is 9.92. The molecule has 0 aliphatic rings. The number of ether oxygens (including phenoxy) is 1. The van der Waals surface area contributed by atoms with E-state index in [0.717, 1.165) is 73.3 Å². The Kier molecular flexibility index (Phi) is 12.4. The van der Waals surface area contributed by atoms with Gasteiger partial charge in [-0.1, -0.05) is 79.7 Å². The van der Waals surface area contributed by atoms with Crippen LogP contribution in [0, 0.1) is 12.8 Å². The summed E-state index contributed by atoms with van der Waals surface area (Å²) in [6, 6.07) is 29.5. The van der Waals surface area contributed by atoms with E-state index in [-0.39, 0.29) is 11.8 Å². The Morgan fingerprint density at radius 1 is 0.841 bits per heavy atom.